The maximum absolute atomic E-state index is 12.7. The maximum Gasteiger partial charge on any atom is 0.309 e. The fourth-order valence-electron chi connectivity index (χ4n) is 3.84. The lowest BCUT2D eigenvalue weighted by Crippen LogP contribution is -2.31. The lowest BCUT2D eigenvalue weighted by molar-refractivity contribution is -0.161. The smallest absolute Gasteiger partial charge is 0.309 e. The van der Waals surface area contributed by atoms with Crippen LogP contribution in [-0.2, 0) is 20.7 Å². The van der Waals surface area contributed by atoms with Crippen molar-refractivity contribution < 1.29 is 24.2 Å². The van der Waals surface area contributed by atoms with Crippen LogP contribution >= 0.6 is 0 Å². The van der Waals surface area contributed by atoms with E-state index in [0.29, 0.717) is 25.7 Å². The predicted molar refractivity (Wildman–Crippen MR) is 131 cm³/mol. The predicted octanol–water partition coefficient (Wildman–Crippen LogP) is 6.53. The van der Waals surface area contributed by atoms with Gasteiger partial charge in [-0.2, -0.15) is 0 Å². The van der Waals surface area contributed by atoms with E-state index < -0.39 is 17.5 Å². The number of rotatable bonds is 12. The largest absolute Gasteiger partial charge is 0.497 e. The molecule has 33 heavy (non-hydrogen) atoms. The van der Waals surface area contributed by atoms with Crippen LogP contribution in [0, 0.1) is 11.8 Å². The average molecular weight is 455 g/mol. The fourth-order valence-corrected chi connectivity index (χ4v) is 3.84. The van der Waals surface area contributed by atoms with Crippen LogP contribution in [0.5, 0.6) is 5.75 Å². The number of carbonyl (C=O) groups excluding carboxylic acids is 1. The molecule has 5 heteroatoms. The van der Waals surface area contributed by atoms with Crippen molar-refractivity contribution in [1.82, 2.24) is 0 Å². The van der Waals surface area contributed by atoms with Crippen molar-refractivity contribution in [2.45, 2.75) is 71.8 Å². The van der Waals surface area contributed by atoms with Crippen LogP contribution in [0.3, 0.4) is 0 Å². The molecule has 2 aromatic rings. The first kappa shape index (κ1) is 26.4. The second-order valence-corrected chi connectivity index (χ2v) is 9.61. The quantitative estimate of drug-likeness (QED) is 0.369. The zero-order valence-corrected chi connectivity index (χ0v) is 20.6. The molecule has 0 bridgehead atoms. The maximum atomic E-state index is 12.7. The summed E-state index contributed by atoms with van der Waals surface area (Å²) in [6, 6.07) is 16.1. The van der Waals surface area contributed by atoms with E-state index in [1.54, 1.807) is 7.11 Å². The number of carbonyl (C=O) groups is 2. The first-order valence-corrected chi connectivity index (χ1v) is 11.8. The van der Waals surface area contributed by atoms with Gasteiger partial charge in [0.05, 0.1) is 18.9 Å². The minimum Gasteiger partial charge on any atom is -0.497 e. The van der Waals surface area contributed by atoms with Crippen LogP contribution in [0.25, 0.3) is 11.1 Å². The Morgan fingerprint density at radius 2 is 1.48 bits per heavy atom. The molecule has 0 heterocycles. The summed E-state index contributed by atoms with van der Waals surface area (Å²) in [4.78, 5) is 24.7. The molecule has 0 aliphatic rings. The van der Waals surface area contributed by atoms with Crippen molar-refractivity contribution in [3.8, 4) is 16.9 Å². The van der Waals surface area contributed by atoms with Gasteiger partial charge in [0.2, 0.25) is 0 Å². The molecule has 5 nitrogen and oxygen atoms in total. The standard InChI is InChI=1S/C28H38O5/c1-6-7-8-24(27(31)33-28(2,3)4)19-23(26(29)30)14-11-20-9-12-21(13-10-20)22-15-17-25(32-5)18-16-22/h9-10,12-13,15-18,23-24H,6-8,11,14,19H2,1-5H3,(H,29,30)/t23-,24-/m0/s1. The molecule has 2 aromatic carbocycles. The molecule has 0 aliphatic heterocycles. The Balaban J connectivity index is 2.02. The number of aliphatic carboxylic acids is 1. The van der Waals surface area contributed by atoms with E-state index >= 15 is 0 Å². The number of hydrogen-bond donors (Lipinski definition) is 1. The Bertz CT molecular complexity index is 878. The fraction of sp³-hybridized carbons (Fsp3) is 0.500. The Morgan fingerprint density at radius 3 is 1.97 bits per heavy atom. The first-order chi connectivity index (χ1) is 15.6. The summed E-state index contributed by atoms with van der Waals surface area (Å²) in [5.41, 5.74) is 2.70. The van der Waals surface area contributed by atoms with Gasteiger partial charge in [0.15, 0.2) is 0 Å². The van der Waals surface area contributed by atoms with E-state index in [4.69, 9.17) is 9.47 Å². The van der Waals surface area contributed by atoms with Gasteiger partial charge in [-0.05, 0) is 75.3 Å². The Labute approximate surface area is 198 Å². The third-order valence-corrected chi connectivity index (χ3v) is 5.72. The Morgan fingerprint density at radius 1 is 0.909 bits per heavy atom. The van der Waals surface area contributed by atoms with Crippen LogP contribution in [-0.4, -0.2) is 29.8 Å². The van der Waals surface area contributed by atoms with Crippen LogP contribution in [0.15, 0.2) is 48.5 Å². The normalized spacial score (nSPS) is 13.2. The van der Waals surface area contributed by atoms with E-state index in [0.717, 1.165) is 35.3 Å². The number of unbranched alkanes of at least 4 members (excludes halogenated alkanes) is 1. The monoisotopic (exact) mass is 454 g/mol. The van der Waals surface area contributed by atoms with Gasteiger partial charge in [-0.1, -0.05) is 56.2 Å². The van der Waals surface area contributed by atoms with E-state index in [2.05, 4.69) is 19.1 Å². The summed E-state index contributed by atoms with van der Waals surface area (Å²) in [5, 5.41) is 9.81. The first-order valence-electron chi connectivity index (χ1n) is 11.8. The highest BCUT2D eigenvalue weighted by Crippen LogP contribution is 2.27. The number of ether oxygens (including phenoxy) is 2. The minimum absolute atomic E-state index is 0.286. The van der Waals surface area contributed by atoms with Gasteiger partial charge in [0.25, 0.3) is 0 Å². The highest BCUT2D eigenvalue weighted by Gasteiger charge is 2.30. The van der Waals surface area contributed by atoms with Crippen molar-refractivity contribution in [3.05, 3.63) is 54.1 Å². The van der Waals surface area contributed by atoms with Crippen LogP contribution in [0.2, 0.25) is 0 Å². The molecule has 1 N–H and O–H groups in total. The lowest BCUT2D eigenvalue weighted by atomic mass is 9.87. The number of methoxy groups -OCH3 is 1. The molecule has 0 saturated carbocycles. The second kappa shape index (κ2) is 12.4. The van der Waals surface area contributed by atoms with Gasteiger partial charge in [-0.15, -0.1) is 0 Å². The van der Waals surface area contributed by atoms with Gasteiger partial charge >= 0.3 is 11.9 Å². The van der Waals surface area contributed by atoms with Gasteiger partial charge in [-0.3, -0.25) is 9.59 Å². The molecule has 180 valence electrons. The SMILES string of the molecule is CCCC[C@@H](C[C@H](CCc1ccc(-c2ccc(OC)cc2)cc1)C(=O)O)C(=O)OC(C)(C)C. The topological polar surface area (TPSA) is 72.8 Å². The highest BCUT2D eigenvalue weighted by molar-refractivity contribution is 5.75. The van der Waals surface area contributed by atoms with Crippen molar-refractivity contribution in [2.75, 3.05) is 7.11 Å². The third-order valence-electron chi connectivity index (χ3n) is 5.72. The molecule has 0 unspecified atom stereocenters. The van der Waals surface area contributed by atoms with E-state index in [1.807, 2.05) is 57.2 Å². The number of carboxylic acid groups (broad SMARTS) is 1. The van der Waals surface area contributed by atoms with Crippen LogP contribution in [0.4, 0.5) is 0 Å². The summed E-state index contributed by atoms with van der Waals surface area (Å²) in [7, 11) is 1.65. The molecule has 0 spiro atoms. The van der Waals surface area contributed by atoms with Crippen LogP contribution < -0.4 is 4.74 Å². The molecule has 0 radical (unpaired) electrons. The van der Waals surface area contributed by atoms with Crippen molar-refractivity contribution in [3.63, 3.8) is 0 Å². The van der Waals surface area contributed by atoms with Crippen LogP contribution in [0.1, 0.15) is 65.4 Å². The minimum atomic E-state index is -0.852. The number of hydrogen-bond acceptors (Lipinski definition) is 4. The molecular formula is C28H38O5. The summed E-state index contributed by atoms with van der Waals surface area (Å²) in [6.07, 6.45) is 3.94. The lowest BCUT2D eigenvalue weighted by Gasteiger charge is -2.25. The van der Waals surface area contributed by atoms with Gasteiger partial charge < -0.3 is 14.6 Å². The number of carboxylic acids is 1. The molecule has 0 aliphatic carbocycles. The number of benzene rings is 2. The summed E-state index contributed by atoms with van der Waals surface area (Å²) < 4.78 is 10.8. The van der Waals surface area contributed by atoms with Gasteiger partial charge in [0.1, 0.15) is 11.4 Å². The molecule has 2 atom stereocenters. The third kappa shape index (κ3) is 8.91. The summed E-state index contributed by atoms with van der Waals surface area (Å²) in [5.74, 6) is -1.29. The number of aryl methyl sites for hydroxylation is 1. The zero-order valence-electron chi connectivity index (χ0n) is 20.6. The van der Waals surface area contributed by atoms with E-state index in [-0.39, 0.29) is 11.9 Å². The zero-order chi connectivity index (χ0) is 24.4. The molecule has 0 fully saturated rings. The van der Waals surface area contributed by atoms with Gasteiger partial charge in [-0.25, -0.2) is 0 Å². The highest BCUT2D eigenvalue weighted by atomic mass is 16.6. The number of esters is 1. The van der Waals surface area contributed by atoms with E-state index in [9.17, 15) is 14.7 Å². The van der Waals surface area contributed by atoms with Crippen molar-refractivity contribution in [2.24, 2.45) is 11.8 Å². The Hall–Kier alpha value is -2.82. The second-order valence-electron chi connectivity index (χ2n) is 9.61. The summed E-state index contributed by atoms with van der Waals surface area (Å²) in [6.45, 7) is 7.58. The molecule has 0 saturated heterocycles. The van der Waals surface area contributed by atoms with Crippen molar-refractivity contribution in [1.29, 1.82) is 0 Å². The summed E-state index contributed by atoms with van der Waals surface area (Å²) >= 11 is 0. The molecular weight excluding hydrogens is 416 g/mol. The molecule has 0 aromatic heterocycles. The molecule has 2 rings (SSSR count). The Kier molecular flexibility index (Phi) is 9.95. The van der Waals surface area contributed by atoms with Crippen molar-refractivity contribution >= 4 is 11.9 Å². The van der Waals surface area contributed by atoms with E-state index in [1.165, 1.54) is 0 Å². The molecule has 0 amide bonds. The van der Waals surface area contributed by atoms with Gasteiger partial charge in [0, 0.05) is 0 Å². The average Bonchev–Trinajstić information content (AvgIpc) is 2.77.